The minimum atomic E-state index is -0.540. The van der Waals surface area contributed by atoms with E-state index < -0.39 is 6.67 Å². The molecule has 1 rings (SSSR count). The minimum absolute atomic E-state index is 0.0549. The van der Waals surface area contributed by atoms with Gasteiger partial charge in [0, 0.05) is 5.56 Å². The second kappa shape index (κ2) is 4.72. The molecule has 3 heteroatoms. The van der Waals surface area contributed by atoms with Crippen molar-refractivity contribution in [1.82, 2.24) is 0 Å². The molecule has 0 saturated carbocycles. The fourth-order valence-electron chi connectivity index (χ4n) is 0.911. The highest BCUT2D eigenvalue weighted by atomic mass is 19.1. The van der Waals surface area contributed by atoms with E-state index >= 15 is 0 Å². The first kappa shape index (κ1) is 9.00. The van der Waals surface area contributed by atoms with Crippen LogP contribution in [-0.4, -0.2) is 18.3 Å². The van der Waals surface area contributed by atoms with E-state index in [0.717, 1.165) is 0 Å². The summed E-state index contributed by atoms with van der Waals surface area (Å²) in [6, 6.07) is 6.86. The maximum Gasteiger partial charge on any atom is 0.125 e. The first-order valence-electron chi connectivity index (χ1n) is 3.76. The van der Waals surface area contributed by atoms with Gasteiger partial charge in [-0.15, -0.1) is 0 Å². The first-order valence-corrected chi connectivity index (χ1v) is 3.76. The summed E-state index contributed by atoms with van der Waals surface area (Å²) in [5.41, 5.74) is 0.519. The Hall–Kier alpha value is -1.09. The highest BCUT2D eigenvalue weighted by Gasteiger charge is 2.00. The Morgan fingerprint density at radius 3 is 2.75 bits per heavy atom. The quantitative estimate of drug-likeness (QED) is 0.742. The van der Waals surface area contributed by atoms with Crippen LogP contribution in [0.4, 0.5) is 4.39 Å². The molecule has 0 bridgehead atoms. The Bertz CT molecular complexity index is 238. The molecule has 2 nitrogen and oxygen atoms in total. The van der Waals surface area contributed by atoms with E-state index in [-0.39, 0.29) is 13.2 Å². The van der Waals surface area contributed by atoms with E-state index in [1.54, 1.807) is 24.3 Å². The zero-order valence-electron chi connectivity index (χ0n) is 6.66. The molecule has 0 aliphatic heterocycles. The number of aliphatic hydroxyl groups excluding tert-OH is 1. The van der Waals surface area contributed by atoms with E-state index in [4.69, 9.17) is 9.84 Å². The average molecular weight is 170 g/mol. The number of hydrogen-bond acceptors (Lipinski definition) is 2. The number of ether oxygens (including phenoxy) is 1. The maximum absolute atomic E-state index is 12.3. The topological polar surface area (TPSA) is 29.5 Å². The van der Waals surface area contributed by atoms with Gasteiger partial charge < -0.3 is 9.84 Å². The van der Waals surface area contributed by atoms with Crippen LogP contribution in [0, 0.1) is 0 Å². The molecule has 1 aromatic carbocycles. The van der Waals surface area contributed by atoms with Crippen molar-refractivity contribution in [3.63, 3.8) is 0 Å². The summed E-state index contributed by atoms with van der Waals surface area (Å²) >= 11 is 0. The summed E-state index contributed by atoms with van der Waals surface area (Å²) in [6.07, 6.45) is 0. The van der Waals surface area contributed by atoms with Gasteiger partial charge in [-0.3, -0.25) is 0 Å². The highest BCUT2D eigenvalue weighted by molar-refractivity contribution is 5.32. The molecule has 1 aromatic rings. The number of aliphatic hydroxyl groups is 1. The van der Waals surface area contributed by atoms with Crippen molar-refractivity contribution in [2.24, 2.45) is 0 Å². The van der Waals surface area contributed by atoms with Gasteiger partial charge in [0.15, 0.2) is 0 Å². The normalized spacial score (nSPS) is 9.83. The molecule has 0 saturated heterocycles. The number of alkyl halides is 1. The van der Waals surface area contributed by atoms with Crippen molar-refractivity contribution in [2.45, 2.75) is 6.67 Å². The van der Waals surface area contributed by atoms with Crippen molar-refractivity contribution in [1.29, 1.82) is 0 Å². The number of halogens is 1. The van der Waals surface area contributed by atoms with E-state index in [1.165, 1.54) is 0 Å². The Kier molecular flexibility index (Phi) is 3.54. The third-order valence-corrected chi connectivity index (χ3v) is 1.47. The fraction of sp³-hybridized carbons (Fsp3) is 0.333. The van der Waals surface area contributed by atoms with Crippen LogP contribution >= 0.6 is 0 Å². The van der Waals surface area contributed by atoms with E-state index in [0.29, 0.717) is 11.3 Å². The van der Waals surface area contributed by atoms with Crippen molar-refractivity contribution >= 4 is 0 Å². The van der Waals surface area contributed by atoms with E-state index in [2.05, 4.69) is 0 Å². The van der Waals surface area contributed by atoms with Crippen LogP contribution < -0.4 is 4.74 Å². The molecule has 0 aromatic heterocycles. The van der Waals surface area contributed by atoms with Crippen LogP contribution in [-0.2, 0) is 6.67 Å². The number of hydrogen-bond donors (Lipinski definition) is 1. The Balaban J connectivity index is 2.68. The number of rotatable bonds is 4. The lowest BCUT2D eigenvalue weighted by Crippen LogP contribution is -2.03. The third kappa shape index (κ3) is 2.20. The monoisotopic (exact) mass is 170 g/mol. The van der Waals surface area contributed by atoms with Crippen molar-refractivity contribution in [2.75, 3.05) is 13.2 Å². The summed E-state index contributed by atoms with van der Waals surface area (Å²) in [5.74, 6) is 0.508. The first-order chi connectivity index (χ1) is 5.88. The van der Waals surface area contributed by atoms with Gasteiger partial charge in [-0.1, -0.05) is 18.2 Å². The predicted octanol–water partition coefficient (Wildman–Crippen LogP) is 1.53. The zero-order valence-corrected chi connectivity index (χ0v) is 6.66. The molecule has 12 heavy (non-hydrogen) atoms. The predicted molar refractivity (Wildman–Crippen MR) is 43.8 cm³/mol. The second-order valence-corrected chi connectivity index (χ2v) is 2.31. The summed E-state index contributed by atoms with van der Waals surface area (Å²) in [5, 5.41) is 8.47. The summed E-state index contributed by atoms with van der Waals surface area (Å²) < 4.78 is 17.4. The molecule has 0 fully saturated rings. The van der Waals surface area contributed by atoms with E-state index in [9.17, 15) is 4.39 Å². The Morgan fingerprint density at radius 1 is 1.33 bits per heavy atom. The molecule has 66 valence electrons. The van der Waals surface area contributed by atoms with Gasteiger partial charge in [0.2, 0.25) is 0 Å². The molecular weight excluding hydrogens is 159 g/mol. The summed E-state index contributed by atoms with van der Waals surface area (Å²) in [7, 11) is 0. The highest BCUT2D eigenvalue weighted by Crippen LogP contribution is 2.18. The fourth-order valence-corrected chi connectivity index (χ4v) is 0.911. The lowest BCUT2D eigenvalue weighted by Gasteiger charge is -2.06. The van der Waals surface area contributed by atoms with E-state index in [1.807, 2.05) is 0 Å². The Labute approximate surface area is 70.6 Å². The zero-order chi connectivity index (χ0) is 8.81. The molecule has 1 N–H and O–H groups in total. The minimum Gasteiger partial charge on any atom is -0.491 e. The molecule has 0 radical (unpaired) electrons. The molecule has 0 amide bonds. The van der Waals surface area contributed by atoms with Gasteiger partial charge in [-0.05, 0) is 6.07 Å². The van der Waals surface area contributed by atoms with Crippen LogP contribution in [0.2, 0.25) is 0 Å². The smallest absolute Gasteiger partial charge is 0.125 e. The molecular formula is C9H11FO2. The standard InChI is InChI=1S/C9H11FO2/c10-7-8-3-1-2-4-9(8)12-6-5-11/h1-4,11H,5-7H2. The lowest BCUT2D eigenvalue weighted by atomic mass is 10.2. The SMILES string of the molecule is OCCOc1ccccc1CF. The van der Waals surface area contributed by atoms with Crippen molar-refractivity contribution in [3.8, 4) is 5.75 Å². The van der Waals surface area contributed by atoms with Crippen LogP contribution in [0.5, 0.6) is 5.75 Å². The van der Waals surface area contributed by atoms with Crippen molar-refractivity contribution < 1.29 is 14.2 Å². The van der Waals surface area contributed by atoms with Gasteiger partial charge in [0.1, 0.15) is 19.0 Å². The van der Waals surface area contributed by atoms with Gasteiger partial charge >= 0.3 is 0 Å². The molecule has 0 aliphatic carbocycles. The van der Waals surface area contributed by atoms with Gasteiger partial charge in [0.25, 0.3) is 0 Å². The number of benzene rings is 1. The largest absolute Gasteiger partial charge is 0.491 e. The molecule has 0 heterocycles. The number of para-hydroxylation sites is 1. The summed E-state index contributed by atoms with van der Waals surface area (Å²) in [6.45, 7) is -0.390. The van der Waals surface area contributed by atoms with Gasteiger partial charge in [-0.25, -0.2) is 4.39 Å². The van der Waals surface area contributed by atoms with Crippen LogP contribution in [0.3, 0.4) is 0 Å². The van der Waals surface area contributed by atoms with Gasteiger partial charge in [0.05, 0.1) is 6.61 Å². The van der Waals surface area contributed by atoms with Gasteiger partial charge in [-0.2, -0.15) is 0 Å². The molecule has 0 spiro atoms. The van der Waals surface area contributed by atoms with Crippen LogP contribution in [0.1, 0.15) is 5.56 Å². The van der Waals surface area contributed by atoms with Crippen LogP contribution in [0.25, 0.3) is 0 Å². The Morgan fingerprint density at radius 2 is 2.08 bits per heavy atom. The van der Waals surface area contributed by atoms with Crippen molar-refractivity contribution in [3.05, 3.63) is 29.8 Å². The molecule has 0 atom stereocenters. The molecule has 0 aliphatic rings. The lowest BCUT2D eigenvalue weighted by molar-refractivity contribution is 0.199. The summed E-state index contributed by atoms with van der Waals surface area (Å²) in [4.78, 5) is 0. The maximum atomic E-state index is 12.3. The second-order valence-electron chi connectivity index (χ2n) is 2.31. The third-order valence-electron chi connectivity index (χ3n) is 1.47. The average Bonchev–Trinajstić information content (AvgIpc) is 2.15. The molecule has 0 unspecified atom stereocenters. The van der Waals surface area contributed by atoms with Crippen LogP contribution in [0.15, 0.2) is 24.3 Å².